The number of nitrogens with one attached hydrogen (secondary N) is 1. The van der Waals surface area contributed by atoms with Gasteiger partial charge >= 0.3 is 0 Å². The zero-order valence-electron chi connectivity index (χ0n) is 9.98. The Balaban J connectivity index is 1.64. The van der Waals surface area contributed by atoms with E-state index in [4.69, 9.17) is 0 Å². The van der Waals surface area contributed by atoms with Gasteiger partial charge in [-0.05, 0) is 31.5 Å². The number of carbonyl (C=O) groups is 1. The van der Waals surface area contributed by atoms with Crippen LogP contribution in [0.4, 0.5) is 0 Å². The molecule has 2 heterocycles. The van der Waals surface area contributed by atoms with E-state index in [0.29, 0.717) is 5.41 Å². The third kappa shape index (κ3) is 1.95. The van der Waals surface area contributed by atoms with Crippen LogP contribution in [0.15, 0.2) is 30.3 Å². The average Bonchev–Trinajstić information content (AvgIpc) is 2.37. The zero-order chi connectivity index (χ0) is 11.7. The van der Waals surface area contributed by atoms with Crippen LogP contribution in [0.3, 0.4) is 0 Å². The van der Waals surface area contributed by atoms with Crippen molar-refractivity contribution in [3.8, 4) is 0 Å². The second-order valence-corrected chi connectivity index (χ2v) is 5.31. The summed E-state index contributed by atoms with van der Waals surface area (Å²) in [5.41, 5.74) is 1.19. The Kier molecular flexibility index (Phi) is 2.63. The summed E-state index contributed by atoms with van der Waals surface area (Å²) < 4.78 is 0. The Morgan fingerprint density at radius 3 is 2.65 bits per heavy atom. The highest BCUT2D eigenvalue weighted by molar-refractivity contribution is 5.94. The lowest BCUT2D eigenvalue weighted by Gasteiger charge is -2.52. The summed E-state index contributed by atoms with van der Waals surface area (Å²) >= 11 is 0. The van der Waals surface area contributed by atoms with Crippen molar-refractivity contribution in [3.63, 3.8) is 0 Å². The number of hydrogen-bond donors (Lipinski definition) is 1. The van der Waals surface area contributed by atoms with E-state index >= 15 is 0 Å². The SMILES string of the molecule is O=C(c1ccccc1)N1CC2(CCCNC2)C1. The van der Waals surface area contributed by atoms with Crippen molar-refractivity contribution >= 4 is 5.91 Å². The number of benzene rings is 1. The third-order valence-corrected chi connectivity index (χ3v) is 3.92. The topological polar surface area (TPSA) is 32.3 Å². The van der Waals surface area contributed by atoms with Crippen LogP contribution in [0.2, 0.25) is 0 Å². The molecule has 1 spiro atoms. The summed E-state index contributed by atoms with van der Waals surface area (Å²) in [4.78, 5) is 14.1. The van der Waals surface area contributed by atoms with Gasteiger partial charge in [-0.25, -0.2) is 0 Å². The Morgan fingerprint density at radius 2 is 2.00 bits per heavy atom. The molecule has 2 saturated heterocycles. The van der Waals surface area contributed by atoms with Crippen molar-refractivity contribution in [2.75, 3.05) is 26.2 Å². The summed E-state index contributed by atoms with van der Waals surface area (Å²) in [7, 11) is 0. The fourth-order valence-electron chi connectivity index (χ4n) is 2.97. The predicted octanol–water partition coefficient (Wildman–Crippen LogP) is 1.51. The molecule has 1 aromatic rings. The summed E-state index contributed by atoms with van der Waals surface area (Å²) in [6.07, 6.45) is 2.51. The molecular formula is C14H18N2O. The van der Waals surface area contributed by atoms with Gasteiger partial charge in [0.05, 0.1) is 0 Å². The number of nitrogens with zero attached hydrogens (tertiary/aromatic N) is 1. The van der Waals surface area contributed by atoms with Gasteiger partial charge in [-0.1, -0.05) is 18.2 Å². The molecule has 2 fully saturated rings. The van der Waals surface area contributed by atoms with E-state index in [9.17, 15) is 4.79 Å². The van der Waals surface area contributed by atoms with Gasteiger partial charge in [0.2, 0.25) is 0 Å². The van der Waals surface area contributed by atoms with Crippen LogP contribution in [0, 0.1) is 5.41 Å². The summed E-state index contributed by atoms with van der Waals surface area (Å²) in [5, 5.41) is 3.44. The molecule has 0 aromatic heterocycles. The van der Waals surface area contributed by atoms with E-state index in [-0.39, 0.29) is 5.91 Å². The molecule has 2 aliphatic heterocycles. The standard InChI is InChI=1S/C14H18N2O/c17-13(12-5-2-1-3-6-12)16-10-14(11-16)7-4-8-15-9-14/h1-3,5-6,15H,4,7-11H2. The maximum atomic E-state index is 12.2. The molecule has 0 bridgehead atoms. The van der Waals surface area contributed by atoms with Crippen LogP contribution in [-0.2, 0) is 0 Å². The summed E-state index contributed by atoms with van der Waals surface area (Å²) in [5.74, 6) is 0.182. The van der Waals surface area contributed by atoms with E-state index in [0.717, 1.165) is 31.7 Å². The second kappa shape index (κ2) is 4.15. The van der Waals surface area contributed by atoms with Gasteiger partial charge in [-0.2, -0.15) is 0 Å². The van der Waals surface area contributed by atoms with E-state index < -0.39 is 0 Å². The Hall–Kier alpha value is -1.35. The number of hydrogen-bond acceptors (Lipinski definition) is 2. The van der Waals surface area contributed by atoms with Crippen molar-refractivity contribution in [2.45, 2.75) is 12.8 Å². The van der Waals surface area contributed by atoms with Crippen molar-refractivity contribution in [2.24, 2.45) is 5.41 Å². The third-order valence-electron chi connectivity index (χ3n) is 3.92. The van der Waals surface area contributed by atoms with Gasteiger partial charge < -0.3 is 10.2 Å². The van der Waals surface area contributed by atoms with Crippen LogP contribution in [0.1, 0.15) is 23.2 Å². The lowest BCUT2D eigenvalue weighted by Crippen LogP contribution is -2.63. The molecule has 17 heavy (non-hydrogen) atoms. The van der Waals surface area contributed by atoms with Gasteiger partial charge in [-0.15, -0.1) is 0 Å². The molecule has 1 N–H and O–H groups in total. The maximum absolute atomic E-state index is 12.2. The normalized spacial score (nSPS) is 22.2. The van der Waals surface area contributed by atoms with Gasteiger partial charge in [0, 0.05) is 30.6 Å². The molecule has 0 radical (unpaired) electrons. The molecule has 90 valence electrons. The Morgan fingerprint density at radius 1 is 1.24 bits per heavy atom. The van der Waals surface area contributed by atoms with Crippen molar-refractivity contribution in [3.05, 3.63) is 35.9 Å². The number of piperidine rings is 1. The van der Waals surface area contributed by atoms with Crippen LogP contribution in [-0.4, -0.2) is 37.0 Å². The summed E-state index contributed by atoms with van der Waals surface area (Å²) in [6, 6.07) is 9.58. The lowest BCUT2D eigenvalue weighted by molar-refractivity contribution is -0.00722. The molecule has 3 rings (SSSR count). The fourth-order valence-corrected chi connectivity index (χ4v) is 2.97. The molecular weight excluding hydrogens is 212 g/mol. The first-order valence-electron chi connectivity index (χ1n) is 6.34. The highest BCUT2D eigenvalue weighted by atomic mass is 16.2. The number of amides is 1. The molecule has 0 unspecified atom stereocenters. The quantitative estimate of drug-likeness (QED) is 0.793. The molecule has 1 amide bonds. The zero-order valence-corrected chi connectivity index (χ0v) is 9.98. The van der Waals surface area contributed by atoms with Crippen molar-refractivity contribution in [1.29, 1.82) is 0 Å². The second-order valence-electron chi connectivity index (χ2n) is 5.31. The Bertz CT molecular complexity index is 401. The van der Waals surface area contributed by atoms with Gasteiger partial charge in [0.15, 0.2) is 0 Å². The first-order valence-corrected chi connectivity index (χ1v) is 6.34. The van der Waals surface area contributed by atoms with Crippen molar-refractivity contribution in [1.82, 2.24) is 10.2 Å². The molecule has 0 atom stereocenters. The van der Waals surface area contributed by atoms with Gasteiger partial charge in [-0.3, -0.25) is 4.79 Å². The minimum absolute atomic E-state index is 0.182. The molecule has 3 nitrogen and oxygen atoms in total. The molecule has 0 saturated carbocycles. The van der Waals surface area contributed by atoms with Crippen LogP contribution >= 0.6 is 0 Å². The van der Waals surface area contributed by atoms with E-state index in [2.05, 4.69) is 5.32 Å². The van der Waals surface area contributed by atoms with Crippen LogP contribution in [0.25, 0.3) is 0 Å². The minimum atomic E-state index is 0.182. The van der Waals surface area contributed by atoms with Gasteiger partial charge in [0.25, 0.3) is 5.91 Å². The van der Waals surface area contributed by atoms with E-state index in [1.807, 2.05) is 35.2 Å². The number of likely N-dealkylation sites (tertiary alicyclic amines) is 1. The minimum Gasteiger partial charge on any atom is -0.337 e. The Labute approximate surface area is 102 Å². The number of carbonyl (C=O) groups excluding carboxylic acids is 1. The van der Waals surface area contributed by atoms with E-state index in [1.165, 1.54) is 12.8 Å². The maximum Gasteiger partial charge on any atom is 0.253 e. The average molecular weight is 230 g/mol. The van der Waals surface area contributed by atoms with Crippen molar-refractivity contribution < 1.29 is 4.79 Å². The van der Waals surface area contributed by atoms with E-state index in [1.54, 1.807) is 0 Å². The van der Waals surface area contributed by atoms with Crippen LogP contribution in [0.5, 0.6) is 0 Å². The highest BCUT2D eigenvalue weighted by Gasteiger charge is 2.45. The lowest BCUT2D eigenvalue weighted by atomic mass is 9.74. The fraction of sp³-hybridized carbons (Fsp3) is 0.500. The molecule has 2 aliphatic rings. The predicted molar refractivity (Wildman–Crippen MR) is 66.9 cm³/mol. The first kappa shape index (κ1) is 10.8. The molecule has 0 aliphatic carbocycles. The highest BCUT2D eigenvalue weighted by Crippen LogP contribution is 2.37. The number of rotatable bonds is 1. The monoisotopic (exact) mass is 230 g/mol. The molecule has 1 aromatic carbocycles. The smallest absolute Gasteiger partial charge is 0.253 e. The molecule has 3 heteroatoms. The summed E-state index contributed by atoms with van der Waals surface area (Å²) in [6.45, 7) is 4.06. The first-order chi connectivity index (χ1) is 8.29. The van der Waals surface area contributed by atoms with Crippen LogP contribution < -0.4 is 5.32 Å². The largest absolute Gasteiger partial charge is 0.337 e. The van der Waals surface area contributed by atoms with Gasteiger partial charge in [0.1, 0.15) is 0 Å².